The van der Waals surface area contributed by atoms with Gasteiger partial charge in [-0.2, -0.15) is 4.98 Å². The number of benzene rings is 1. The molecule has 0 aliphatic heterocycles. The predicted octanol–water partition coefficient (Wildman–Crippen LogP) is 3.49. The summed E-state index contributed by atoms with van der Waals surface area (Å²) in [6.45, 7) is 4.19. The number of amides is 1. The van der Waals surface area contributed by atoms with Crippen molar-refractivity contribution in [1.29, 1.82) is 0 Å². The van der Waals surface area contributed by atoms with Crippen LogP contribution in [0.5, 0.6) is 0 Å². The van der Waals surface area contributed by atoms with Crippen molar-refractivity contribution in [3.8, 4) is 11.5 Å². The number of hydrogen-bond donors (Lipinski definition) is 1. The molecule has 142 valence electrons. The van der Waals surface area contributed by atoms with Gasteiger partial charge in [0, 0.05) is 22.7 Å². The lowest BCUT2D eigenvalue weighted by atomic mass is 10.2. The van der Waals surface area contributed by atoms with Crippen LogP contribution in [0.1, 0.15) is 41.8 Å². The molecular formula is C19H17ClN6O2. The average Bonchev–Trinajstić information content (AvgIpc) is 3.33. The van der Waals surface area contributed by atoms with Gasteiger partial charge in [-0.3, -0.25) is 9.20 Å². The third kappa shape index (κ3) is 3.46. The fraction of sp³-hybridized carbons (Fsp3) is 0.211. The van der Waals surface area contributed by atoms with Gasteiger partial charge in [0.2, 0.25) is 0 Å². The lowest BCUT2D eigenvalue weighted by Gasteiger charge is -2.05. The Morgan fingerprint density at radius 3 is 2.86 bits per heavy atom. The highest BCUT2D eigenvalue weighted by molar-refractivity contribution is 6.30. The van der Waals surface area contributed by atoms with E-state index in [1.807, 2.05) is 32.2 Å². The Morgan fingerprint density at radius 1 is 1.25 bits per heavy atom. The Kier molecular flexibility index (Phi) is 4.79. The van der Waals surface area contributed by atoms with Gasteiger partial charge in [-0.05, 0) is 30.3 Å². The van der Waals surface area contributed by atoms with Crippen LogP contribution < -0.4 is 5.32 Å². The highest BCUT2D eigenvalue weighted by Crippen LogP contribution is 2.24. The topological polar surface area (TPSA) is 98.2 Å². The van der Waals surface area contributed by atoms with Crippen LogP contribution in [0.2, 0.25) is 5.02 Å². The van der Waals surface area contributed by atoms with Crippen molar-refractivity contribution in [2.24, 2.45) is 0 Å². The van der Waals surface area contributed by atoms with Gasteiger partial charge in [-0.25, -0.2) is 0 Å². The van der Waals surface area contributed by atoms with Gasteiger partial charge in [0.15, 0.2) is 17.3 Å². The molecule has 8 nitrogen and oxygen atoms in total. The molecule has 0 saturated carbocycles. The molecule has 1 N–H and O–H groups in total. The number of carbonyl (C=O) groups excluding carboxylic acids is 1. The molecule has 0 radical (unpaired) electrons. The number of nitrogens with zero attached hydrogens (tertiary/aromatic N) is 5. The zero-order valence-corrected chi connectivity index (χ0v) is 16.0. The zero-order valence-electron chi connectivity index (χ0n) is 15.3. The van der Waals surface area contributed by atoms with E-state index in [-0.39, 0.29) is 18.4 Å². The first-order valence-corrected chi connectivity index (χ1v) is 9.11. The van der Waals surface area contributed by atoms with Gasteiger partial charge in [0.1, 0.15) is 0 Å². The van der Waals surface area contributed by atoms with Crippen LogP contribution in [0.15, 0.2) is 47.1 Å². The summed E-state index contributed by atoms with van der Waals surface area (Å²) < 4.78 is 7.16. The molecule has 0 spiro atoms. The minimum absolute atomic E-state index is 0.160. The van der Waals surface area contributed by atoms with Gasteiger partial charge in [0.25, 0.3) is 11.8 Å². The number of halogens is 1. The number of pyridine rings is 1. The quantitative estimate of drug-likeness (QED) is 0.554. The maximum absolute atomic E-state index is 12.3. The number of rotatable bonds is 5. The Labute approximate surface area is 165 Å². The fourth-order valence-corrected chi connectivity index (χ4v) is 2.91. The van der Waals surface area contributed by atoms with Crippen molar-refractivity contribution in [3.63, 3.8) is 0 Å². The van der Waals surface area contributed by atoms with Crippen LogP contribution in [-0.4, -0.2) is 30.6 Å². The summed E-state index contributed by atoms with van der Waals surface area (Å²) in [5, 5.41) is 15.7. The van der Waals surface area contributed by atoms with Crippen LogP contribution in [0.4, 0.5) is 0 Å². The number of hydrogen-bond acceptors (Lipinski definition) is 6. The molecule has 0 aliphatic rings. The van der Waals surface area contributed by atoms with Gasteiger partial charge < -0.3 is 9.84 Å². The monoisotopic (exact) mass is 396 g/mol. The minimum atomic E-state index is -0.242. The number of carbonyl (C=O) groups is 1. The van der Waals surface area contributed by atoms with E-state index in [1.165, 1.54) is 0 Å². The zero-order chi connectivity index (χ0) is 19.7. The first-order chi connectivity index (χ1) is 13.5. The maximum atomic E-state index is 12.3. The van der Waals surface area contributed by atoms with Gasteiger partial charge in [-0.1, -0.05) is 36.7 Å². The molecule has 28 heavy (non-hydrogen) atoms. The van der Waals surface area contributed by atoms with Crippen LogP contribution in [0, 0.1) is 0 Å². The lowest BCUT2D eigenvalue weighted by Crippen LogP contribution is -2.23. The molecule has 0 unspecified atom stereocenters. The van der Waals surface area contributed by atoms with Crippen LogP contribution >= 0.6 is 11.6 Å². The summed E-state index contributed by atoms with van der Waals surface area (Å²) in [6.07, 6.45) is 1.82. The Morgan fingerprint density at radius 2 is 2.11 bits per heavy atom. The highest BCUT2D eigenvalue weighted by atomic mass is 35.5. The molecule has 4 aromatic rings. The van der Waals surface area contributed by atoms with E-state index in [9.17, 15) is 4.79 Å². The van der Waals surface area contributed by atoms with E-state index in [0.29, 0.717) is 39.3 Å². The molecule has 0 saturated heterocycles. The third-order valence-electron chi connectivity index (χ3n) is 4.19. The molecule has 3 aromatic heterocycles. The van der Waals surface area contributed by atoms with E-state index in [4.69, 9.17) is 16.1 Å². The molecule has 0 aliphatic carbocycles. The number of aromatic nitrogens is 5. The SMILES string of the molecule is CC(C)c1noc(-c2cccn3c(CNC(=O)c4cccc(Cl)c4)nnc23)n1. The summed E-state index contributed by atoms with van der Waals surface area (Å²) in [6, 6.07) is 10.4. The Hall–Kier alpha value is -3.26. The largest absolute Gasteiger partial charge is 0.345 e. The Balaban J connectivity index is 1.58. The predicted molar refractivity (Wildman–Crippen MR) is 103 cm³/mol. The van der Waals surface area contributed by atoms with Gasteiger partial charge in [-0.15, -0.1) is 10.2 Å². The van der Waals surface area contributed by atoms with E-state index in [2.05, 4.69) is 25.7 Å². The van der Waals surface area contributed by atoms with Crippen molar-refractivity contribution < 1.29 is 9.32 Å². The van der Waals surface area contributed by atoms with Crippen molar-refractivity contribution in [2.45, 2.75) is 26.3 Å². The Bertz CT molecular complexity index is 1150. The van der Waals surface area contributed by atoms with Crippen LogP contribution in [0.3, 0.4) is 0 Å². The molecule has 1 aromatic carbocycles. The van der Waals surface area contributed by atoms with Gasteiger partial charge >= 0.3 is 0 Å². The molecule has 1 amide bonds. The second-order valence-corrected chi connectivity index (χ2v) is 6.97. The maximum Gasteiger partial charge on any atom is 0.261 e. The molecule has 0 atom stereocenters. The van der Waals surface area contributed by atoms with E-state index < -0.39 is 0 Å². The van der Waals surface area contributed by atoms with Crippen molar-refractivity contribution in [3.05, 3.63) is 64.8 Å². The first kappa shape index (κ1) is 18.1. The average molecular weight is 397 g/mol. The summed E-state index contributed by atoms with van der Waals surface area (Å²) in [5.74, 6) is 1.51. The molecule has 4 rings (SSSR count). The van der Waals surface area contributed by atoms with Crippen LogP contribution in [0.25, 0.3) is 17.1 Å². The molecule has 0 fully saturated rings. The van der Waals surface area contributed by atoms with Crippen molar-refractivity contribution in [1.82, 2.24) is 30.1 Å². The van der Waals surface area contributed by atoms with E-state index in [0.717, 1.165) is 0 Å². The van der Waals surface area contributed by atoms with E-state index >= 15 is 0 Å². The normalized spacial score (nSPS) is 11.3. The first-order valence-electron chi connectivity index (χ1n) is 8.73. The van der Waals surface area contributed by atoms with Crippen molar-refractivity contribution in [2.75, 3.05) is 0 Å². The lowest BCUT2D eigenvalue weighted by molar-refractivity contribution is 0.0950. The molecule has 3 heterocycles. The molecular weight excluding hydrogens is 380 g/mol. The highest BCUT2D eigenvalue weighted by Gasteiger charge is 2.17. The number of nitrogens with one attached hydrogen (secondary N) is 1. The minimum Gasteiger partial charge on any atom is -0.345 e. The second-order valence-electron chi connectivity index (χ2n) is 6.54. The second kappa shape index (κ2) is 7.40. The summed E-state index contributed by atoms with van der Waals surface area (Å²) in [4.78, 5) is 16.7. The van der Waals surface area contributed by atoms with Crippen molar-refractivity contribution >= 4 is 23.2 Å². The van der Waals surface area contributed by atoms with E-state index in [1.54, 1.807) is 28.7 Å². The summed E-state index contributed by atoms with van der Waals surface area (Å²) >= 11 is 5.94. The fourth-order valence-electron chi connectivity index (χ4n) is 2.72. The molecule has 9 heteroatoms. The third-order valence-corrected chi connectivity index (χ3v) is 4.42. The van der Waals surface area contributed by atoms with Crippen LogP contribution in [-0.2, 0) is 6.54 Å². The summed E-state index contributed by atoms with van der Waals surface area (Å²) in [7, 11) is 0. The van der Waals surface area contributed by atoms with Gasteiger partial charge in [0.05, 0.1) is 12.1 Å². The molecule has 0 bridgehead atoms. The number of fused-ring (bicyclic) bond motifs is 1. The smallest absolute Gasteiger partial charge is 0.261 e. The standard InChI is InChI=1S/C19H17ClN6O2/c1-11(2)16-22-19(28-25-16)14-7-4-8-26-15(23-24-17(14)26)10-21-18(27)12-5-3-6-13(20)9-12/h3-9,11H,10H2,1-2H3,(H,21,27). The summed E-state index contributed by atoms with van der Waals surface area (Å²) in [5.41, 5.74) is 1.74.